The fraction of sp³-hybridized carbons (Fsp3) is 0.300. The van der Waals surface area contributed by atoms with Crippen LogP contribution in [-0.2, 0) is 11.3 Å². The van der Waals surface area contributed by atoms with Crippen LogP contribution < -0.4 is 14.8 Å². The van der Waals surface area contributed by atoms with Gasteiger partial charge >= 0.3 is 0 Å². The number of halogens is 1. The lowest BCUT2D eigenvalue weighted by atomic mass is 10.1. The molecule has 0 fully saturated rings. The number of nitrogens with one attached hydrogen (secondary N) is 1. The van der Waals surface area contributed by atoms with Gasteiger partial charge in [0.15, 0.2) is 0 Å². The van der Waals surface area contributed by atoms with E-state index in [4.69, 9.17) is 9.47 Å². The van der Waals surface area contributed by atoms with Crippen molar-refractivity contribution < 1.29 is 23.5 Å². The van der Waals surface area contributed by atoms with Crippen LogP contribution in [0.1, 0.15) is 22.8 Å². The molecule has 0 aromatic heterocycles. The number of hydrogen-bond donors (Lipinski definition) is 1. The van der Waals surface area contributed by atoms with Crippen molar-refractivity contribution in [3.8, 4) is 11.5 Å². The summed E-state index contributed by atoms with van der Waals surface area (Å²) in [5, 5.41) is 2.73. The summed E-state index contributed by atoms with van der Waals surface area (Å²) in [4.78, 5) is 26.5. The van der Waals surface area contributed by atoms with Gasteiger partial charge in [-0.1, -0.05) is 12.1 Å². The number of carbonyl (C=O) groups is 2. The fourth-order valence-electron chi connectivity index (χ4n) is 2.51. The average molecular weight is 374 g/mol. The summed E-state index contributed by atoms with van der Waals surface area (Å²) in [6.07, 6.45) is 0. The molecule has 0 heterocycles. The largest absolute Gasteiger partial charge is 0.497 e. The van der Waals surface area contributed by atoms with Gasteiger partial charge in [-0.15, -0.1) is 0 Å². The Kier molecular flexibility index (Phi) is 7.16. The number of amides is 2. The molecule has 1 N–H and O–H groups in total. The minimum Gasteiger partial charge on any atom is -0.497 e. The highest BCUT2D eigenvalue weighted by molar-refractivity contribution is 5.99. The summed E-state index contributed by atoms with van der Waals surface area (Å²) in [5.41, 5.74) is 1.10. The minimum absolute atomic E-state index is 0.100. The highest BCUT2D eigenvalue weighted by Crippen LogP contribution is 2.25. The molecule has 0 aliphatic rings. The Morgan fingerprint density at radius 2 is 1.78 bits per heavy atom. The van der Waals surface area contributed by atoms with Crippen LogP contribution in [0.5, 0.6) is 11.5 Å². The molecule has 6 nitrogen and oxygen atoms in total. The van der Waals surface area contributed by atoms with Crippen molar-refractivity contribution in [1.29, 1.82) is 0 Å². The molecule has 0 unspecified atom stereocenters. The summed E-state index contributed by atoms with van der Waals surface area (Å²) < 4.78 is 23.3. The molecule has 0 radical (unpaired) electrons. The van der Waals surface area contributed by atoms with Gasteiger partial charge in [-0.05, 0) is 42.8 Å². The van der Waals surface area contributed by atoms with E-state index in [-0.39, 0.29) is 30.7 Å². The van der Waals surface area contributed by atoms with E-state index in [1.165, 1.54) is 31.3 Å². The van der Waals surface area contributed by atoms with Gasteiger partial charge in [0.2, 0.25) is 5.91 Å². The van der Waals surface area contributed by atoms with Crippen molar-refractivity contribution in [2.75, 3.05) is 27.3 Å². The van der Waals surface area contributed by atoms with E-state index in [0.717, 1.165) is 5.56 Å². The van der Waals surface area contributed by atoms with Gasteiger partial charge in [-0.25, -0.2) is 4.39 Å². The van der Waals surface area contributed by atoms with Crippen LogP contribution in [0.2, 0.25) is 0 Å². The predicted molar refractivity (Wildman–Crippen MR) is 99.4 cm³/mol. The van der Waals surface area contributed by atoms with Gasteiger partial charge in [0.05, 0.1) is 26.3 Å². The Morgan fingerprint density at radius 3 is 2.37 bits per heavy atom. The van der Waals surface area contributed by atoms with Crippen LogP contribution >= 0.6 is 0 Å². The number of ether oxygens (including phenoxy) is 2. The third kappa shape index (κ3) is 5.44. The molecule has 0 aliphatic heterocycles. The molecule has 0 saturated carbocycles. The van der Waals surface area contributed by atoms with Gasteiger partial charge in [0.25, 0.3) is 5.91 Å². The Labute approximate surface area is 157 Å². The summed E-state index contributed by atoms with van der Waals surface area (Å²) in [6.45, 7) is 2.30. The van der Waals surface area contributed by atoms with Crippen molar-refractivity contribution in [1.82, 2.24) is 10.2 Å². The van der Waals surface area contributed by atoms with E-state index in [9.17, 15) is 14.0 Å². The van der Waals surface area contributed by atoms with E-state index in [0.29, 0.717) is 23.6 Å². The molecule has 2 amide bonds. The van der Waals surface area contributed by atoms with E-state index >= 15 is 0 Å². The third-order valence-electron chi connectivity index (χ3n) is 4.04. The van der Waals surface area contributed by atoms with Gasteiger partial charge < -0.3 is 19.7 Å². The molecule has 0 bridgehead atoms. The Morgan fingerprint density at radius 1 is 1.07 bits per heavy atom. The maximum atomic E-state index is 12.9. The van der Waals surface area contributed by atoms with E-state index in [1.807, 2.05) is 0 Å². The Bertz CT molecular complexity index is 793. The zero-order chi connectivity index (χ0) is 19.8. The van der Waals surface area contributed by atoms with Crippen LogP contribution in [0.15, 0.2) is 42.5 Å². The molecule has 7 heteroatoms. The van der Waals surface area contributed by atoms with Crippen LogP contribution in [0.25, 0.3) is 0 Å². The lowest BCUT2D eigenvalue weighted by Gasteiger charge is -2.22. The Hall–Kier alpha value is -3.09. The zero-order valence-electron chi connectivity index (χ0n) is 15.6. The molecule has 27 heavy (non-hydrogen) atoms. The topological polar surface area (TPSA) is 67.9 Å². The summed E-state index contributed by atoms with van der Waals surface area (Å²) in [7, 11) is 2.99. The Balaban J connectivity index is 2.04. The number of nitrogens with zero attached hydrogens (tertiary/aromatic N) is 1. The number of rotatable bonds is 8. The first-order valence-electron chi connectivity index (χ1n) is 8.51. The number of carbonyl (C=O) groups excluding carboxylic acids is 2. The van der Waals surface area contributed by atoms with E-state index in [1.54, 1.807) is 37.3 Å². The van der Waals surface area contributed by atoms with Crippen molar-refractivity contribution in [3.05, 3.63) is 59.4 Å². The molecule has 2 aromatic rings. The summed E-state index contributed by atoms with van der Waals surface area (Å²) in [6, 6.07) is 10.8. The lowest BCUT2D eigenvalue weighted by molar-refractivity contribution is -0.121. The molecule has 0 saturated heterocycles. The van der Waals surface area contributed by atoms with E-state index < -0.39 is 0 Å². The van der Waals surface area contributed by atoms with Crippen molar-refractivity contribution in [2.24, 2.45) is 0 Å². The molecular weight excluding hydrogens is 351 g/mol. The first-order valence-corrected chi connectivity index (χ1v) is 8.51. The van der Waals surface area contributed by atoms with Crippen LogP contribution in [0, 0.1) is 5.82 Å². The number of benzene rings is 2. The second-order valence-corrected chi connectivity index (χ2v) is 5.79. The van der Waals surface area contributed by atoms with Gasteiger partial charge in [0.1, 0.15) is 17.3 Å². The predicted octanol–water partition coefficient (Wildman–Crippen LogP) is 2.62. The third-order valence-corrected chi connectivity index (χ3v) is 4.04. The molecule has 2 aromatic carbocycles. The van der Waals surface area contributed by atoms with Gasteiger partial charge in [0, 0.05) is 13.1 Å². The fourth-order valence-corrected chi connectivity index (χ4v) is 2.51. The number of likely N-dealkylation sites (N-methyl/N-ethyl adjacent to an activating group) is 1. The molecule has 0 aliphatic carbocycles. The summed E-state index contributed by atoms with van der Waals surface area (Å²) >= 11 is 0. The first-order chi connectivity index (χ1) is 13.0. The standard InChI is InChI=1S/C20H23FN2O4/c1-4-23(13-19(24)22-12-14-5-7-15(21)8-6-14)20(25)17-11-16(26-2)9-10-18(17)27-3/h5-11H,4,12-13H2,1-3H3,(H,22,24). The monoisotopic (exact) mass is 374 g/mol. The van der Waals surface area contributed by atoms with Crippen molar-refractivity contribution >= 4 is 11.8 Å². The molecule has 2 rings (SSSR count). The maximum Gasteiger partial charge on any atom is 0.258 e. The number of hydrogen-bond acceptors (Lipinski definition) is 4. The maximum absolute atomic E-state index is 12.9. The first kappa shape index (κ1) is 20.2. The van der Waals surface area contributed by atoms with Crippen molar-refractivity contribution in [2.45, 2.75) is 13.5 Å². The number of methoxy groups -OCH3 is 2. The van der Waals surface area contributed by atoms with Crippen LogP contribution in [0.3, 0.4) is 0 Å². The van der Waals surface area contributed by atoms with Crippen molar-refractivity contribution in [3.63, 3.8) is 0 Å². The molecular formula is C20H23FN2O4. The second kappa shape index (κ2) is 9.56. The smallest absolute Gasteiger partial charge is 0.258 e. The van der Waals surface area contributed by atoms with Gasteiger partial charge in [-0.3, -0.25) is 9.59 Å². The summed E-state index contributed by atoms with van der Waals surface area (Å²) in [5.74, 6) is -0.0384. The lowest BCUT2D eigenvalue weighted by Crippen LogP contribution is -2.40. The highest BCUT2D eigenvalue weighted by atomic mass is 19.1. The highest BCUT2D eigenvalue weighted by Gasteiger charge is 2.21. The minimum atomic E-state index is -0.333. The van der Waals surface area contributed by atoms with Crippen LogP contribution in [-0.4, -0.2) is 44.0 Å². The average Bonchev–Trinajstić information content (AvgIpc) is 2.70. The molecule has 144 valence electrons. The molecule has 0 spiro atoms. The second-order valence-electron chi connectivity index (χ2n) is 5.79. The van der Waals surface area contributed by atoms with E-state index in [2.05, 4.69) is 5.32 Å². The SMILES string of the molecule is CCN(CC(=O)NCc1ccc(F)cc1)C(=O)c1cc(OC)ccc1OC. The quantitative estimate of drug-likeness (QED) is 0.771. The normalized spacial score (nSPS) is 10.2. The van der Waals surface area contributed by atoms with Gasteiger partial charge in [-0.2, -0.15) is 0 Å². The zero-order valence-corrected chi connectivity index (χ0v) is 15.6. The molecule has 0 atom stereocenters. The van der Waals surface area contributed by atoms with Crippen LogP contribution in [0.4, 0.5) is 4.39 Å².